The summed E-state index contributed by atoms with van der Waals surface area (Å²) in [5, 5.41) is 8.88. The first-order valence-electron chi connectivity index (χ1n) is 5.63. The van der Waals surface area contributed by atoms with Crippen molar-refractivity contribution in [3.05, 3.63) is 18.1 Å². The summed E-state index contributed by atoms with van der Waals surface area (Å²) in [6, 6.07) is 1.84. The van der Waals surface area contributed by atoms with E-state index in [9.17, 15) is 8.42 Å². The van der Waals surface area contributed by atoms with Gasteiger partial charge in [-0.2, -0.15) is 0 Å². The summed E-state index contributed by atoms with van der Waals surface area (Å²) in [4.78, 5) is 0. The van der Waals surface area contributed by atoms with E-state index in [1.54, 1.807) is 6.26 Å². The maximum Gasteiger partial charge on any atom is 0.191 e. The van der Waals surface area contributed by atoms with Crippen LogP contribution in [0.1, 0.15) is 5.76 Å². The Morgan fingerprint density at radius 3 is 2.74 bits per heavy atom. The van der Waals surface area contributed by atoms with E-state index in [2.05, 4.69) is 10.2 Å². The fraction of sp³-hybridized carbons (Fsp3) is 0.455. The van der Waals surface area contributed by atoms with Gasteiger partial charge in [-0.25, -0.2) is 8.42 Å². The van der Waals surface area contributed by atoms with Gasteiger partial charge in [-0.05, 0) is 13.0 Å². The molecule has 2 rings (SSSR count). The molecule has 0 bridgehead atoms. The number of furan rings is 1. The SMILES string of the molecule is Cc1occc1-c1nnc(SCCS(C)(=O)=O)n1C. The van der Waals surface area contributed by atoms with Crippen LogP contribution in [-0.4, -0.2) is 40.9 Å². The van der Waals surface area contributed by atoms with Gasteiger partial charge in [0, 0.05) is 19.1 Å². The minimum absolute atomic E-state index is 0.130. The highest BCUT2D eigenvalue weighted by molar-refractivity contribution is 8.00. The van der Waals surface area contributed by atoms with Gasteiger partial charge in [0.1, 0.15) is 15.6 Å². The lowest BCUT2D eigenvalue weighted by Crippen LogP contribution is -2.06. The maximum absolute atomic E-state index is 11.1. The summed E-state index contributed by atoms with van der Waals surface area (Å²) < 4.78 is 29.2. The van der Waals surface area contributed by atoms with Gasteiger partial charge < -0.3 is 8.98 Å². The van der Waals surface area contributed by atoms with Gasteiger partial charge >= 0.3 is 0 Å². The Morgan fingerprint density at radius 1 is 1.42 bits per heavy atom. The lowest BCUT2D eigenvalue weighted by atomic mass is 10.2. The molecule has 2 heterocycles. The van der Waals surface area contributed by atoms with Gasteiger partial charge in [0.15, 0.2) is 11.0 Å². The molecule has 0 N–H and O–H groups in total. The molecule has 2 aromatic heterocycles. The second-order valence-electron chi connectivity index (χ2n) is 4.23. The smallest absolute Gasteiger partial charge is 0.191 e. The minimum Gasteiger partial charge on any atom is -0.469 e. The Bertz CT molecular complexity index is 673. The van der Waals surface area contributed by atoms with E-state index < -0.39 is 9.84 Å². The first-order valence-corrected chi connectivity index (χ1v) is 8.67. The minimum atomic E-state index is -2.94. The van der Waals surface area contributed by atoms with Crippen LogP contribution in [0.25, 0.3) is 11.4 Å². The van der Waals surface area contributed by atoms with Crippen molar-refractivity contribution in [2.24, 2.45) is 7.05 Å². The summed E-state index contributed by atoms with van der Waals surface area (Å²) in [6.07, 6.45) is 2.83. The van der Waals surface area contributed by atoms with Crippen molar-refractivity contribution >= 4 is 21.6 Å². The second-order valence-corrected chi connectivity index (χ2v) is 7.56. The van der Waals surface area contributed by atoms with Crippen molar-refractivity contribution in [2.75, 3.05) is 17.8 Å². The molecule has 104 valence electrons. The maximum atomic E-state index is 11.1. The topological polar surface area (TPSA) is 78.0 Å². The van der Waals surface area contributed by atoms with E-state index in [1.807, 2.05) is 24.6 Å². The predicted octanol–water partition coefficient (Wildman–Crippen LogP) is 1.52. The molecular weight excluding hydrogens is 286 g/mol. The summed E-state index contributed by atoms with van der Waals surface area (Å²) in [5.41, 5.74) is 0.893. The third-order valence-corrected chi connectivity index (χ3v) is 4.85. The molecule has 0 aliphatic carbocycles. The normalized spacial score (nSPS) is 11.9. The van der Waals surface area contributed by atoms with Crippen molar-refractivity contribution in [3.63, 3.8) is 0 Å². The summed E-state index contributed by atoms with van der Waals surface area (Å²) >= 11 is 1.38. The summed E-state index contributed by atoms with van der Waals surface area (Å²) in [6.45, 7) is 1.86. The highest BCUT2D eigenvalue weighted by atomic mass is 32.2. The van der Waals surface area contributed by atoms with Crippen molar-refractivity contribution in [3.8, 4) is 11.4 Å². The third kappa shape index (κ3) is 3.38. The molecule has 0 spiro atoms. The quantitative estimate of drug-likeness (QED) is 0.779. The molecule has 8 heteroatoms. The molecule has 0 atom stereocenters. The molecule has 0 unspecified atom stereocenters. The number of hydrogen-bond donors (Lipinski definition) is 0. The van der Waals surface area contributed by atoms with Gasteiger partial charge in [-0.3, -0.25) is 0 Å². The molecule has 0 saturated carbocycles. The van der Waals surface area contributed by atoms with Gasteiger partial charge in [0.25, 0.3) is 0 Å². The molecular formula is C11H15N3O3S2. The van der Waals surface area contributed by atoms with E-state index in [0.29, 0.717) is 16.7 Å². The van der Waals surface area contributed by atoms with E-state index in [4.69, 9.17) is 4.42 Å². The molecule has 19 heavy (non-hydrogen) atoms. The summed E-state index contributed by atoms with van der Waals surface area (Å²) in [5.74, 6) is 2.09. The Kier molecular flexibility index (Phi) is 4.00. The van der Waals surface area contributed by atoms with Crippen molar-refractivity contribution < 1.29 is 12.8 Å². The van der Waals surface area contributed by atoms with Gasteiger partial charge in [0.05, 0.1) is 17.6 Å². The van der Waals surface area contributed by atoms with Crippen LogP contribution >= 0.6 is 11.8 Å². The van der Waals surface area contributed by atoms with Gasteiger partial charge in [-0.1, -0.05) is 11.8 Å². The van der Waals surface area contributed by atoms with E-state index in [1.165, 1.54) is 18.0 Å². The first kappa shape index (κ1) is 14.1. The van der Waals surface area contributed by atoms with Crippen LogP contribution in [0.15, 0.2) is 21.9 Å². The molecule has 0 aliphatic rings. The molecule has 0 radical (unpaired) electrons. The molecule has 0 aliphatic heterocycles. The van der Waals surface area contributed by atoms with Gasteiger partial charge in [0.2, 0.25) is 0 Å². The van der Waals surface area contributed by atoms with Crippen LogP contribution in [0.3, 0.4) is 0 Å². The van der Waals surface area contributed by atoms with Crippen LogP contribution in [0.5, 0.6) is 0 Å². The highest BCUT2D eigenvalue weighted by Gasteiger charge is 2.15. The lowest BCUT2D eigenvalue weighted by Gasteiger charge is -2.02. The summed E-state index contributed by atoms with van der Waals surface area (Å²) in [7, 11) is -1.09. The average molecular weight is 301 g/mol. The largest absolute Gasteiger partial charge is 0.469 e. The van der Waals surface area contributed by atoms with E-state index in [-0.39, 0.29) is 5.75 Å². The first-order chi connectivity index (χ1) is 8.88. The van der Waals surface area contributed by atoms with Crippen LogP contribution in [-0.2, 0) is 16.9 Å². The number of aryl methyl sites for hydroxylation is 1. The number of thioether (sulfide) groups is 1. The number of nitrogens with zero attached hydrogens (tertiary/aromatic N) is 3. The van der Waals surface area contributed by atoms with Crippen LogP contribution in [0.4, 0.5) is 0 Å². The highest BCUT2D eigenvalue weighted by Crippen LogP contribution is 2.25. The number of hydrogen-bond acceptors (Lipinski definition) is 6. The van der Waals surface area contributed by atoms with Crippen molar-refractivity contribution in [2.45, 2.75) is 12.1 Å². The Hall–Kier alpha value is -1.28. The fourth-order valence-corrected chi connectivity index (χ4v) is 3.68. The van der Waals surface area contributed by atoms with Crippen molar-refractivity contribution in [1.82, 2.24) is 14.8 Å². The zero-order valence-electron chi connectivity index (χ0n) is 11.0. The Balaban J connectivity index is 2.13. The number of sulfone groups is 1. The average Bonchev–Trinajstić information content (AvgIpc) is 2.85. The molecule has 0 fully saturated rings. The lowest BCUT2D eigenvalue weighted by molar-refractivity contribution is 0.534. The molecule has 6 nitrogen and oxygen atoms in total. The number of rotatable bonds is 5. The van der Waals surface area contributed by atoms with Crippen LogP contribution in [0.2, 0.25) is 0 Å². The van der Waals surface area contributed by atoms with Crippen molar-refractivity contribution in [1.29, 1.82) is 0 Å². The molecule has 0 saturated heterocycles. The standard InChI is InChI=1S/C11H15N3O3S2/c1-8-9(4-5-17-8)10-12-13-11(14(10)2)18-6-7-19(3,15)16/h4-5H,6-7H2,1-3H3. The van der Waals surface area contributed by atoms with Crippen LogP contribution in [0, 0.1) is 6.92 Å². The zero-order chi connectivity index (χ0) is 14.0. The monoisotopic (exact) mass is 301 g/mol. The van der Waals surface area contributed by atoms with E-state index >= 15 is 0 Å². The fourth-order valence-electron chi connectivity index (χ4n) is 1.58. The number of aromatic nitrogens is 3. The Morgan fingerprint density at radius 2 is 2.16 bits per heavy atom. The predicted molar refractivity (Wildman–Crippen MR) is 73.9 cm³/mol. The molecule has 2 aromatic rings. The Labute approximate surface area is 116 Å². The zero-order valence-corrected chi connectivity index (χ0v) is 12.6. The second kappa shape index (κ2) is 5.38. The van der Waals surface area contributed by atoms with Crippen LogP contribution < -0.4 is 0 Å². The van der Waals surface area contributed by atoms with E-state index in [0.717, 1.165) is 11.3 Å². The molecule has 0 amide bonds. The van der Waals surface area contributed by atoms with Gasteiger partial charge in [-0.15, -0.1) is 10.2 Å². The molecule has 0 aromatic carbocycles. The third-order valence-electron chi connectivity index (χ3n) is 2.62.